The maximum absolute atomic E-state index is 12.8. The molecule has 2 saturated heterocycles. The summed E-state index contributed by atoms with van der Waals surface area (Å²) in [4.78, 5) is 25.1. The Hall–Kier alpha value is -4.68. The first kappa shape index (κ1) is 34.2. The Bertz CT molecular complexity index is 1650. The summed E-state index contributed by atoms with van der Waals surface area (Å²) in [7, 11) is 0. The van der Waals surface area contributed by atoms with E-state index in [4.69, 9.17) is 28.4 Å². The van der Waals surface area contributed by atoms with Crippen LogP contribution in [-0.2, 0) is 38.0 Å². The maximum atomic E-state index is 12.8. The molecule has 0 spiro atoms. The lowest BCUT2D eigenvalue weighted by molar-refractivity contribution is -0.344. The molecule has 11 atom stereocenters. The molecule has 0 amide bonds. The number of aromatic hydroxyl groups is 4. The van der Waals surface area contributed by atoms with Crippen molar-refractivity contribution >= 4 is 24.1 Å². The van der Waals surface area contributed by atoms with Gasteiger partial charge in [-0.25, -0.2) is 9.59 Å². The highest BCUT2D eigenvalue weighted by atomic mass is 16.8. The van der Waals surface area contributed by atoms with Gasteiger partial charge in [-0.15, -0.1) is 0 Å². The van der Waals surface area contributed by atoms with Crippen molar-refractivity contribution in [3.8, 4) is 23.0 Å². The van der Waals surface area contributed by atoms with Crippen LogP contribution >= 0.6 is 0 Å². The highest BCUT2D eigenvalue weighted by Gasteiger charge is 2.77. The van der Waals surface area contributed by atoms with Crippen molar-refractivity contribution in [1.82, 2.24) is 0 Å². The molecular weight excluding hydrogens is 652 g/mol. The molecule has 2 aromatic carbocycles. The standard InChI is InChI=1S/C33H34O16/c34-14-33-25-17(29(30(33)49-33)47-24(40)8-4-16-2-6-19(36)21(38)12-16)9-10-44-31(25)48-32-28(43)27(42)26(41)22(46-32)13-45-23(39)7-3-15-1-5-18(35)20(37)11-15/h1-12,17,22,25-32,34-38,41-43H,13-14H2/b7-3+,8-4+/t17-,22-,25-,26-,27+,28-,29+,30+,31+,32+,33-/m1/s1. The van der Waals surface area contributed by atoms with Gasteiger partial charge >= 0.3 is 11.9 Å². The molecule has 0 unspecified atom stereocenters. The Kier molecular flexibility index (Phi) is 9.54. The maximum Gasteiger partial charge on any atom is 0.331 e. The second-order valence-electron chi connectivity index (χ2n) is 11.9. The van der Waals surface area contributed by atoms with Gasteiger partial charge in [0, 0.05) is 18.1 Å². The SMILES string of the molecule is O=C(/C=C/c1ccc(O)c(O)c1)OC[C@H]1O[C@@H](O[C@@H]2OC=C[C@H]3[C@H](OC(=O)/C=C/c4ccc(O)c(O)c4)[C@@H]4O[C@]4(CO)[C@@H]23)[C@H](O)[C@@H](O)[C@@H]1O. The summed E-state index contributed by atoms with van der Waals surface area (Å²) in [6.07, 6.45) is -3.38. The third-order valence-electron chi connectivity index (χ3n) is 8.88. The minimum absolute atomic E-state index is 0.319. The van der Waals surface area contributed by atoms with E-state index < -0.39 is 91.8 Å². The van der Waals surface area contributed by atoms with E-state index >= 15 is 0 Å². The number of epoxide rings is 1. The summed E-state index contributed by atoms with van der Waals surface area (Å²) in [5.41, 5.74) is -0.446. The second kappa shape index (κ2) is 13.7. The zero-order valence-corrected chi connectivity index (χ0v) is 25.5. The van der Waals surface area contributed by atoms with Gasteiger partial charge in [-0.3, -0.25) is 0 Å². The largest absolute Gasteiger partial charge is 0.504 e. The monoisotopic (exact) mass is 686 g/mol. The lowest BCUT2D eigenvalue weighted by Crippen LogP contribution is -2.60. The van der Waals surface area contributed by atoms with Crippen molar-refractivity contribution in [2.75, 3.05) is 13.2 Å². The van der Waals surface area contributed by atoms with E-state index in [-0.39, 0.29) is 23.0 Å². The molecule has 0 radical (unpaired) electrons. The van der Waals surface area contributed by atoms with E-state index in [2.05, 4.69) is 0 Å². The number of aliphatic hydroxyl groups is 4. The van der Waals surface area contributed by atoms with Gasteiger partial charge in [-0.1, -0.05) is 12.1 Å². The summed E-state index contributed by atoms with van der Waals surface area (Å²) < 4.78 is 34.0. The molecule has 4 aliphatic rings. The topological polar surface area (TPSA) is 255 Å². The fourth-order valence-electron chi connectivity index (χ4n) is 6.28. The first-order valence-electron chi connectivity index (χ1n) is 15.2. The number of carbonyl (C=O) groups excluding carboxylic acids is 2. The zero-order valence-electron chi connectivity index (χ0n) is 25.5. The highest BCUT2D eigenvalue weighted by Crippen LogP contribution is 2.60. The van der Waals surface area contributed by atoms with Crippen molar-refractivity contribution in [1.29, 1.82) is 0 Å². The van der Waals surface area contributed by atoms with Crippen LogP contribution in [0.1, 0.15) is 11.1 Å². The molecule has 0 aromatic heterocycles. The normalized spacial score (nSPS) is 34.7. The smallest absolute Gasteiger partial charge is 0.331 e. The van der Waals surface area contributed by atoms with Crippen molar-refractivity contribution < 1.29 is 78.9 Å². The van der Waals surface area contributed by atoms with Gasteiger partial charge in [0.15, 0.2) is 29.3 Å². The van der Waals surface area contributed by atoms with E-state index in [0.717, 1.165) is 12.2 Å². The lowest BCUT2D eigenvalue weighted by atomic mass is 9.85. The molecule has 3 aliphatic heterocycles. The Balaban J connectivity index is 1.09. The Morgan fingerprint density at radius 3 is 2.06 bits per heavy atom. The number of fused-ring (bicyclic) bond motifs is 3. The van der Waals surface area contributed by atoms with E-state index in [1.54, 1.807) is 6.08 Å². The molecule has 3 heterocycles. The summed E-state index contributed by atoms with van der Waals surface area (Å²) >= 11 is 0. The van der Waals surface area contributed by atoms with Gasteiger partial charge < -0.3 is 69.3 Å². The van der Waals surface area contributed by atoms with Gasteiger partial charge in [-0.05, 0) is 53.6 Å². The number of hydrogen-bond acceptors (Lipinski definition) is 16. The van der Waals surface area contributed by atoms with Gasteiger partial charge in [0.05, 0.1) is 18.8 Å². The number of esters is 2. The van der Waals surface area contributed by atoms with Crippen LogP contribution in [0.25, 0.3) is 12.2 Å². The molecule has 1 saturated carbocycles. The van der Waals surface area contributed by atoms with Gasteiger partial charge in [0.1, 0.15) is 48.8 Å². The average molecular weight is 687 g/mol. The molecule has 3 fully saturated rings. The van der Waals surface area contributed by atoms with E-state index in [0.29, 0.717) is 11.1 Å². The number of rotatable bonds is 10. The van der Waals surface area contributed by atoms with E-state index in [9.17, 15) is 50.4 Å². The molecule has 16 nitrogen and oxygen atoms in total. The molecule has 8 N–H and O–H groups in total. The summed E-state index contributed by atoms with van der Waals surface area (Å²) in [6, 6.07) is 7.88. The molecule has 0 bridgehead atoms. The first-order chi connectivity index (χ1) is 23.4. The highest BCUT2D eigenvalue weighted by molar-refractivity contribution is 5.88. The second-order valence-corrected chi connectivity index (χ2v) is 11.9. The molecule has 2 aromatic rings. The minimum Gasteiger partial charge on any atom is -0.504 e. The lowest BCUT2D eigenvalue weighted by Gasteiger charge is -2.43. The Morgan fingerprint density at radius 2 is 1.45 bits per heavy atom. The van der Waals surface area contributed by atoms with Gasteiger partial charge in [-0.2, -0.15) is 0 Å². The molecule has 49 heavy (non-hydrogen) atoms. The van der Waals surface area contributed by atoms with E-state index in [1.165, 1.54) is 54.8 Å². The van der Waals surface area contributed by atoms with Crippen molar-refractivity contribution in [2.45, 2.75) is 54.8 Å². The predicted octanol–water partition coefficient (Wildman–Crippen LogP) is -0.239. The van der Waals surface area contributed by atoms with Crippen LogP contribution in [0.5, 0.6) is 23.0 Å². The van der Waals surface area contributed by atoms with Crippen molar-refractivity contribution in [2.24, 2.45) is 11.8 Å². The number of phenols is 4. The fraction of sp³-hybridized carbons (Fsp3) is 0.394. The minimum atomic E-state index is -1.79. The molecule has 16 heteroatoms. The number of benzene rings is 2. The summed E-state index contributed by atoms with van der Waals surface area (Å²) in [6.45, 7) is -1.06. The number of carbonyl (C=O) groups is 2. The van der Waals surface area contributed by atoms with Crippen molar-refractivity contribution in [3.05, 3.63) is 72.0 Å². The van der Waals surface area contributed by atoms with Crippen LogP contribution in [0.4, 0.5) is 0 Å². The molecule has 6 rings (SSSR count). The average Bonchev–Trinajstić information content (AvgIpc) is 3.76. The summed E-state index contributed by atoms with van der Waals surface area (Å²) in [5.74, 6) is -4.41. The third-order valence-corrected chi connectivity index (χ3v) is 8.88. The summed E-state index contributed by atoms with van der Waals surface area (Å²) in [5, 5.41) is 80.3. The van der Waals surface area contributed by atoms with Gasteiger partial charge in [0.2, 0.25) is 6.29 Å². The van der Waals surface area contributed by atoms with Crippen LogP contribution in [-0.4, -0.2) is 121 Å². The van der Waals surface area contributed by atoms with Crippen LogP contribution in [0.15, 0.2) is 60.9 Å². The Morgan fingerprint density at radius 1 is 0.816 bits per heavy atom. The van der Waals surface area contributed by atoms with Gasteiger partial charge in [0.25, 0.3) is 0 Å². The number of phenolic OH excluding ortho intramolecular Hbond substituents is 4. The van der Waals surface area contributed by atoms with E-state index in [1.807, 2.05) is 0 Å². The quantitative estimate of drug-likeness (QED) is 0.0695. The first-order valence-corrected chi connectivity index (χ1v) is 15.2. The van der Waals surface area contributed by atoms with Crippen LogP contribution < -0.4 is 0 Å². The fourth-order valence-corrected chi connectivity index (χ4v) is 6.28. The molecule has 1 aliphatic carbocycles. The third kappa shape index (κ3) is 6.80. The number of ether oxygens (including phenoxy) is 6. The number of hydrogen-bond donors (Lipinski definition) is 8. The Labute approximate surface area is 277 Å². The number of aliphatic hydroxyl groups excluding tert-OH is 4. The predicted molar refractivity (Wildman–Crippen MR) is 162 cm³/mol. The van der Waals surface area contributed by atoms with Crippen LogP contribution in [0.3, 0.4) is 0 Å². The van der Waals surface area contributed by atoms with Crippen molar-refractivity contribution in [3.63, 3.8) is 0 Å². The molecular formula is C33H34O16. The van der Waals surface area contributed by atoms with Crippen LogP contribution in [0, 0.1) is 11.8 Å². The molecule has 262 valence electrons. The van der Waals surface area contributed by atoms with Crippen LogP contribution in [0.2, 0.25) is 0 Å². The zero-order chi connectivity index (χ0) is 35.0.